The molecule has 0 aliphatic carbocycles. The van der Waals surface area contributed by atoms with Gasteiger partial charge in [0, 0.05) is 6.20 Å². The maximum absolute atomic E-state index is 12.3. The van der Waals surface area contributed by atoms with Crippen LogP contribution >= 0.6 is 0 Å². The Morgan fingerprint density at radius 1 is 1.24 bits per heavy atom. The van der Waals surface area contributed by atoms with Gasteiger partial charge in [-0.05, 0) is 25.1 Å². The Morgan fingerprint density at radius 3 is 2.62 bits per heavy atom. The molecular formula is C14H15N3O3S. The number of nitrogens with zero attached hydrogens (tertiary/aromatic N) is 2. The van der Waals surface area contributed by atoms with E-state index >= 15 is 0 Å². The second-order valence-corrected chi connectivity index (χ2v) is 6.59. The third-order valence-corrected chi connectivity index (χ3v) is 4.65. The van der Waals surface area contributed by atoms with Crippen LogP contribution in [0, 0.1) is 6.92 Å². The average Bonchev–Trinajstić information content (AvgIpc) is 2.47. The first-order valence-electron chi connectivity index (χ1n) is 6.37. The molecular weight excluding hydrogens is 290 g/mol. The number of carbonyl (C=O) groups excluding carboxylic acids is 1. The molecule has 1 amide bonds. The molecule has 0 unspecified atom stereocenters. The van der Waals surface area contributed by atoms with Gasteiger partial charge in [-0.2, -0.15) is 0 Å². The van der Waals surface area contributed by atoms with E-state index in [1.807, 2.05) is 0 Å². The monoisotopic (exact) mass is 305 g/mol. The van der Waals surface area contributed by atoms with Crippen molar-refractivity contribution in [2.45, 2.75) is 18.7 Å². The van der Waals surface area contributed by atoms with Crippen molar-refractivity contribution in [2.24, 2.45) is 0 Å². The summed E-state index contributed by atoms with van der Waals surface area (Å²) >= 11 is 0. The standard InChI is InChI=1S/C14H15N3O3S/c1-3-21(19,20)12-7-5-4-6-11(12)14(18)17-13-8-9-15-10(2)16-13/h4-9H,3H2,1-2H3,(H,15,16,17,18). The van der Waals surface area contributed by atoms with Crippen LogP contribution in [0.3, 0.4) is 0 Å². The van der Waals surface area contributed by atoms with E-state index in [-0.39, 0.29) is 16.2 Å². The molecule has 1 aromatic heterocycles. The molecule has 0 aliphatic rings. The summed E-state index contributed by atoms with van der Waals surface area (Å²) in [6.07, 6.45) is 1.52. The number of hydrogen-bond acceptors (Lipinski definition) is 5. The number of benzene rings is 1. The van der Waals surface area contributed by atoms with Gasteiger partial charge in [0.1, 0.15) is 11.6 Å². The van der Waals surface area contributed by atoms with Gasteiger partial charge in [0.05, 0.1) is 16.2 Å². The maximum atomic E-state index is 12.3. The van der Waals surface area contributed by atoms with Gasteiger partial charge >= 0.3 is 0 Å². The Morgan fingerprint density at radius 2 is 1.95 bits per heavy atom. The number of anilines is 1. The van der Waals surface area contributed by atoms with Crippen LogP contribution in [0.15, 0.2) is 41.4 Å². The molecule has 6 nitrogen and oxygen atoms in total. The first-order chi connectivity index (χ1) is 9.94. The number of nitrogens with one attached hydrogen (secondary N) is 1. The molecule has 21 heavy (non-hydrogen) atoms. The molecule has 0 radical (unpaired) electrons. The maximum Gasteiger partial charge on any atom is 0.258 e. The summed E-state index contributed by atoms with van der Waals surface area (Å²) in [5.41, 5.74) is 0.107. The van der Waals surface area contributed by atoms with Gasteiger partial charge in [0.15, 0.2) is 9.84 Å². The Bertz CT molecular complexity index is 773. The van der Waals surface area contributed by atoms with Crippen molar-refractivity contribution in [3.05, 3.63) is 47.9 Å². The molecule has 2 rings (SSSR count). The Hall–Kier alpha value is -2.28. The minimum atomic E-state index is -3.47. The smallest absolute Gasteiger partial charge is 0.258 e. The van der Waals surface area contributed by atoms with Crippen LogP contribution in [0.4, 0.5) is 5.82 Å². The molecule has 0 saturated carbocycles. The fourth-order valence-corrected chi connectivity index (χ4v) is 2.88. The number of amides is 1. The van der Waals surface area contributed by atoms with Crippen LogP contribution in [0.2, 0.25) is 0 Å². The highest BCUT2D eigenvalue weighted by atomic mass is 32.2. The molecule has 1 heterocycles. The second kappa shape index (κ2) is 6.01. The average molecular weight is 305 g/mol. The lowest BCUT2D eigenvalue weighted by Crippen LogP contribution is -2.18. The molecule has 1 N–H and O–H groups in total. The van der Waals surface area contributed by atoms with Crippen LogP contribution in [0.1, 0.15) is 23.1 Å². The van der Waals surface area contributed by atoms with Crippen LogP contribution in [0.25, 0.3) is 0 Å². The third kappa shape index (κ3) is 3.43. The van der Waals surface area contributed by atoms with Crippen molar-refractivity contribution in [3.8, 4) is 0 Å². The highest BCUT2D eigenvalue weighted by Crippen LogP contribution is 2.18. The van der Waals surface area contributed by atoms with Gasteiger partial charge in [0.2, 0.25) is 0 Å². The van der Waals surface area contributed by atoms with Crippen molar-refractivity contribution in [3.63, 3.8) is 0 Å². The van der Waals surface area contributed by atoms with E-state index in [1.54, 1.807) is 25.1 Å². The van der Waals surface area contributed by atoms with Gasteiger partial charge in [0.25, 0.3) is 5.91 Å². The van der Waals surface area contributed by atoms with E-state index in [0.717, 1.165) is 0 Å². The summed E-state index contributed by atoms with van der Waals surface area (Å²) in [6, 6.07) is 7.66. The lowest BCUT2D eigenvalue weighted by Gasteiger charge is -2.09. The van der Waals surface area contributed by atoms with Crippen LogP contribution in [-0.2, 0) is 9.84 Å². The summed E-state index contributed by atoms with van der Waals surface area (Å²) in [5, 5.41) is 2.58. The number of carbonyl (C=O) groups is 1. The number of rotatable bonds is 4. The molecule has 7 heteroatoms. The quantitative estimate of drug-likeness (QED) is 0.931. The molecule has 0 bridgehead atoms. The fraction of sp³-hybridized carbons (Fsp3) is 0.214. The summed E-state index contributed by atoms with van der Waals surface area (Å²) < 4.78 is 24.1. The van der Waals surface area contributed by atoms with E-state index in [2.05, 4.69) is 15.3 Å². The molecule has 1 aromatic carbocycles. The van der Waals surface area contributed by atoms with Gasteiger partial charge < -0.3 is 5.32 Å². The highest BCUT2D eigenvalue weighted by molar-refractivity contribution is 7.91. The fourth-order valence-electron chi connectivity index (χ4n) is 1.79. The van der Waals surface area contributed by atoms with Crippen molar-refractivity contribution >= 4 is 21.6 Å². The third-order valence-electron chi connectivity index (χ3n) is 2.86. The van der Waals surface area contributed by atoms with E-state index < -0.39 is 15.7 Å². The Labute approximate surface area is 123 Å². The largest absolute Gasteiger partial charge is 0.306 e. The van der Waals surface area contributed by atoms with Gasteiger partial charge in [-0.25, -0.2) is 18.4 Å². The number of hydrogen-bond donors (Lipinski definition) is 1. The lowest BCUT2D eigenvalue weighted by molar-refractivity contribution is 0.102. The van der Waals surface area contributed by atoms with Crippen molar-refractivity contribution in [1.29, 1.82) is 0 Å². The zero-order chi connectivity index (χ0) is 15.5. The summed E-state index contributed by atoms with van der Waals surface area (Å²) in [7, 11) is -3.47. The Kier molecular flexibility index (Phi) is 4.32. The minimum absolute atomic E-state index is 0.0239. The minimum Gasteiger partial charge on any atom is -0.306 e. The number of sulfone groups is 1. The number of aryl methyl sites for hydroxylation is 1. The summed E-state index contributed by atoms with van der Waals surface area (Å²) in [5.74, 6) is 0.267. The first kappa shape index (κ1) is 15.1. The van der Waals surface area contributed by atoms with Crippen molar-refractivity contribution in [1.82, 2.24) is 9.97 Å². The first-order valence-corrected chi connectivity index (χ1v) is 8.02. The van der Waals surface area contributed by atoms with Gasteiger partial charge in [-0.1, -0.05) is 19.1 Å². The molecule has 0 fully saturated rings. The van der Waals surface area contributed by atoms with Gasteiger partial charge in [-0.15, -0.1) is 0 Å². The second-order valence-electron chi connectivity index (χ2n) is 4.34. The van der Waals surface area contributed by atoms with E-state index in [0.29, 0.717) is 11.6 Å². The summed E-state index contributed by atoms with van der Waals surface area (Å²) in [4.78, 5) is 20.3. The molecule has 0 atom stereocenters. The molecule has 110 valence electrons. The summed E-state index contributed by atoms with van der Waals surface area (Å²) in [6.45, 7) is 3.24. The molecule has 2 aromatic rings. The predicted molar refractivity (Wildman–Crippen MR) is 78.9 cm³/mol. The molecule has 0 spiro atoms. The van der Waals surface area contributed by atoms with Crippen molar-refractivity contribution < 1.29 is 13.2 Å². The number of aromatic nitrogens is 2. The SMILES string of the molecule is CCS(=O)(=O)c1ccccc1C(=O)Nc1ccnc(C)n1. The topological polar surface area (TPSA) is 89.0 Å². The van der Waals surface area contributed by atoms with Crippen LogP contribution < -0.4 is 5.32 Å². The Balaban J connectivity index is 2.37. The van der Waals surface area contributed by atoms with Gasteiger partial charge in [-0.3, -0.25) is 4.79 Å². The normalized spacial score (nSPS) is 11.1. The van der Waals surface area contributed by atoms with E-state index in [9.17, 15) is 13.2 Å². The van der Waals surface area contributed by atoms with E-state index in [4.69, 9.17) is 0 Å². The van der Waals surface area contributed by atoms with Crippen LogP contribution in [0.5, 0.6) is 0 Å². The predicted octanol–water partition coefficient (Wildman–Crippen LogP) is 1.83. The zero-order valence-electron chi connectivity index (χ0n) is 11.7. The van der Waals surface area contributed by atoms with Crippen LogP contribution in [-0.4, -0.2) is 30.0 Å². The lowest BCUT2D eigenvalue weighted by atomic mass is 10.2. The van der Waals surface area contributed by atoms with Crippen molar-refractivity contribution in [2.75, 3.05) is 11.1 Å². The zero-order valence-corrected chi connectivity index (χ0v) is 12.5. The molecule has 0 saturated heterocycles. The highest BCUT2D eigenvalue weighted by Gasteiger charge is 2.20. The van der Waals surface area contributed by atoms with E-state index in [1.165, 1.54) is 25.3 Å². The molecule has 0 aliphatic heterocycles.